The van der Waals surface area contributed by atoms with Crippen molar-refractivity contribution in [1.82, 2.24) is 5.32 Å². The van der Waals surface area contributed by atoms with Crippen molar-refractivity contribution >= 4 is 0 Å². The zero-order valence-electron chi connectivity index (χ0n) is 8.32. The first kappa shape index (κ1) is 11.6. The first-order valence-corrected chi connectivity index (χ1v) is 5.04. The minimum absolute atomic E-state index is 0.349. The van der Waals surface area contributed by atoms with Gasteiger partial charge in [-0.2, -0.15) is 13.2 Å². The molecule has 0 amide bonds. The number of rotatable bonds is 3. The summed E-state index contributed by atoms with van der Waals surface area (Å²) < 4.78 is 37.8. The van der Waals surface area contributed by atoms with Crippen molar-refractivity contribution in [2.75, 3.05) is 6.54 Å². The van der Waals surface area contributed by atoms with Gasteiger partial charge in [0.05, 0.1) is 0 Å². The van der Waals surface area contributed by atoms with Gasteiger partial charge in [0.25, 0.3) is 0 Å². The summed E-state index contributed by atoms with van der Waals surface area (Å²) in [7, 11) is 0. The number of alkyl halides is 3. The molecule has 0 aromatic rings. The Morgan fingerprint density at radius 1 is 1.43 bits per heavy atom. The smallest absolute Gasteiger partial charge is 0.303 e. The molecule has 1 nitrogen and oxygen atoms in total. The van der Waals surface area contributed by atoms with Crippen molar-refractivity contribution < 1.29 is 13.2 Å². The van der Waals surface area contributed by atoms with Crippen LogP contribution in [0.15, 0.2) is 11.6 Å². The number of likely N-dealkylation sites (N-methyl/N-ethyl adjacent to an activating group) is 1. The maximum Gasteiger partial charge on any atom is 0.407 e. The van der Waals surface area contributed by atoms with Crippen molar-refractivity contribution in [3.8, 4) is 0 Å². The average molecular weight is 207 g/mol. The normalized spacial score (nSPS) is 20.4. The highest BCUT2D eigenvalue weighted by Gasteiger charge is 2.41. The number of hydrogen-bond donors (Lipinski definition) is 1. The minimum Gasteiger partial charge on any atom is -0.303 e. The fourth-order valence-electron chi connectivity index (χ4n) is 1.79. The van der Waals surface area contributed by atoms with E-state index in [1.165, 1.54) is 0 Å². The SMILES string of the molecule is CCNC(C1=CCCCC1)C(F)(F)F. The zero-order valence-corrected chi connectivity index (χ0v) is 8.32. The van der Waals surface area contributed by atoms with Gasteiger partial charge in [-0.25, -0.2) is 0 Å². The van der Waals surface area contributed by atoms with Crippen LogP contribution in [0.25, 0.3) is 0 Å². The zero-order chi connectivity index (χ0) is 10.6. The topological polar surface area (TPSA) is 12.0 Å². The molecule has 82 valence electrons. The summed E-state index contributed by atoms with van der Waals surface area (Å²) >= 11 is 0. The summed E-state index contributed by atoms with van der Waals surface area (Å²) in [5.74, 6) is 0. The van der Waals surface area contributed by atoms with Crippen LogP contribution in [0.2, 0.25) is 0 Å². The van der Waals surface area contributed by atoms with E-state index in [0.29, 0.717) is 18.5 Å². The fourth-order valence-corrected chi connectivity index (χ4v) is 1.79. The van der Waals surface area contributed by atoms with Crippen molar-refractivity contribution in [1.29, 1.82) is 0 Å². The lowest BCUT2D eigenvalue weighted by Gasteiger charge is -2.26. The van der Waals surface area contributed by atoms with E-state index in [0.717, 1.165) is 19.3 Å². The van der Waals surface area contributed by atoms with Crippen molar-refractivity contribution in [2.24, 2.45) is 0 Å². The van der Waals surface area contributed by atoms with Crippen LogP contribution < -0.4 is 5.32 Å². The Morgan fingerprint density at radius 3 is 2.57 bits per heavy atom. The molecule has 0 bridgehead atoms. The van der Waals surface area contributed by atoms with Crippen LogP contribution in [0.3, 0.4) is 0 Å². The third kappa shape index (κ3) is 3.01. The molecule has 1 aliphatic carbocycles. The molecule has 0 saturated carbocycles. The van der Waals surface area contributed by atoms with Gasteiger partial charge in [-0.05, 0) is 37.8 Å². The van der Waals surface area contributed by atoms with Crippen LogP contribution in [0.4, 0.5) is 13.2 Å². The number of halogens is 3. The van der Waals surface area contributed by atoms with Crippen LogP contribution in [0.1, 0.15) is 32.6 Å². The van der Waals surface area contributed by atoms with E-state index < -0.39 is 12.2 Å². The lowest BCUT2D eigenvalue weighted by atomic mass is 9.93. The van der Waals surface area contributed by atoms with E-state index >= 15 is 0 Å². The molecule has 1 atom stereocenters. The lowest BCUT2D eigenvalue weighted by Crippen LogP contribution is -2.43. The first-order valence-electron chi connectivity index (χ1n) is 5.04. The van der Waals surface area contributed by atoms with E-state index in [1.54, 1.807) is 13.0 Å². The molecule has 0 aromatic heterocycles. The molecule has 0 radical (unpaired) electrons. The van der Waals surface area contributed by atoms with Gasteiger partial charge >= 0.3 is 6.18 Å². The Balaban J connectivity index is 2.71. The van der Waals surface area contributed by atoms with Gasteiger partial charge in [-0.1, -0.05) is 13.0 Å². The van der Waals surface area contributed by atoms with Crippen LogP contribution in [0.5, 0.6) is 0 Å². The number of nitrogens with one attached hydrogen (secondary N) is 1. The van der Waals surface area contributed by atoms with Crippen molar-refractivity contribution in [3.05, 3.63) is 11.6 Å². The summed E-state index contributed by atoms with van der Waals surface area (Å²) in [4.78, 5) is 0. The summed E-state index contributed by atoms with van der Waals surface area (Å²) in [6, 6.07) is -1.42. The van der Waals surface area contributed by atoms with Gasteiger partial charge in [0, 0.05) is 0 Å². The molecule has 0 aliphatic heterocycles. The van der Waals surface area contributed by atoms with E-state index in [2.05, 4.69) is 5.32 Å². The summed E-state index contributed by atoms with van der Waals surface area (Å²) in [6.07, 6.45) is 0.845. The average Bonchev–Trinajstić information content (AvgIpc) is 2.14. The van der Waals surface area contributed by atoms with Crippen molar-refractivity contribution in [3.63, 3.8) is 0 Å². The summed E-state index contributed by atoms with van der Waals surface area (Å²) in [5.41, 5.74) is 0.519. The third-order valence-corrected chi connectivity index (χ3v) is 2.43. The van der Waals surface area contributed by atoms with Gasteiger partial charge in [-0.3, -0.25) is 0 Å². The largest absolute Gasteiger partial charge is 0.407 e. The molecule has 0 saturated heterocycles. The monoisotopic (exact) mass is 207 g/mol. The summed E-state index contributed by atoms with van der Waals surface area (Å²) in [6.45, 7) is 2.05. The second-order valence-corrected chi connectivity index (χ2v) is 3.56. The molecule has 1 N–H and O–H groups in total. The highest BCUT2D eigenvalue weighted by atomic mass is 19.4. The molecule has 0 fully saturated rings. The second-order valence-electron chi connectivity index (χ2n) is 3.56. The van der Waals surface area contributed by atoms with Crippen LogP contribution in [0, 0.1) is 0 Å². The molecule has 1 rings (SSSR count). The van der Waals surface area contributed by atoms with Crippen molar-refractivity contribution in [2.45, 2.75) is 44.8 Å². The molecule has 14 heavy (non-hydrogen) atoms. The Bertz CT molecular complexity index is 208. The second kappa shape index (κ2) is 4.82. The third-order valence-electron chi connectivity index (χ3n) is 2.43. The molecule has 1 aliphatic rings. The van der Waals surface area contributed by atoms with Gasteiger partial charge in [-0.15, -0.1) is 0 Å². The van der Waals surface area contributed by atoms with Gasteiger partial charge in [0.2, 0.25) is 0 Å². The number of hydrogen-bond acceptors (Lipinski definition) is 1. The maximum absolute atomic E-state index is 12.6. The van der Waals surface area contributed by atoms with E-state index in [1.807, 2.05) is 0 Å². The Kier molecular flexibility index (Phi) is 3.98. The van der Waals surface area contributed by atoms with Gasteiger partial charge in [0.1, 0.15) is 6.04 Å². The number of allylic oxidation sites excluding steroid dienone is 1. The molecule has 0 heterocycles. The van der Waals surface area contributed by atoms with Gasteiger partial charge in [0.15, 0.2) is 0 Å². The Labute approximate surface area is 82.4 Å². The van der Waals surface area contributed by atoms with Crippen LogP contribution in [-0.2, 0) is 0 Å². The lowest BCUT2D eigenvalue weighted by molar-refractivity contribution is -0.147. The minimum atomic E-state index is -4.15. The van der Waals surface area contributed by atoms with E-state index in [9.17, 15) is 13.2 Å². The quantitative estimate of drug-likeness (QED) is 0.701. The van der Waals surface area contributed by atoms with E-state index in [4.69, 9.17) is 0 Å². The fraction of sp³-hybridized carbons (Fsp3) is 0.800. The molecule has 4 heteroatoms. The van der Waals surface area contributed by atoms with Gasteiger partial charge < -0.3 is 5.32 Å². The molecule has 0 aromatic carbocycles. The first-order chi connectivity index (χ1) is 6.55. The van der Waals surface area contributed by atoms with Crippen LogP contribution >= 0.6 is 0 Å². The standard InChI is InChI=1S/C10H16F3N/c1-2-14-9(10(11,12)13)8-6-4-3-5-7-8/h6,9,14H,2-5,7H2,1H3. The molecular weight excluding hydrogens is 191 g/mol. The highest BCUT2D eigenvalue weighted by molar-refractivity contribution is 5.15. The molecular formula is C10H16F3N. The summed E-state index contributed by atoms with van der Waals surface area (Å²) in [5, 5.41) is 2.50. The predicted octanol–water partition coefficient (Wildman–Crippen LogP) is 3.03. The van der Waals surface area contributed by atoms with E-state index in [-0.39, 0.29) is 0 Å². The predicted molar refractivity (Wildman–Crippen MR) is 50.1 cm³/mol. The van der Waals surface area contributed by atoms with Crippen LogP contribution in [-0.4, -0.2) is 18.8 Å². The highest BCUT2D eigenvalue weighted by Crippen LogP contribution is 2.30. The molecule has 1 unspecified atom stereocenters. The molecule has 0 spiro atoms. The Hall–Kier alpha value is -0.510. The maximum atomic E-state index is 12.6. The Morgan fingerprint density at radius 2 is 2.14 bits per heavy atom.